The molecule has 2 aromatic rings. The van der Waals surface area contributed by atoms with Crippen LogP contribution in [0.15, 0.2) is 36.8 Å². The molecule has 0 saturated carbocycles. The van der Waals surface area contributed by atoms with Crippen molar-refractivity contribution in [2.24, 2.45) is 0 Å². The van der Waals surface area contributed by atoms with Crippen molar-refractivity contribution in [3.8, 4) is 0 Å². The molecular formula is C16H20N4O2. The van der Waals surface area contributed by atoms with Gasteiger partial charge in [0, 0.05) is 37.6 Å². The molecule has 1 saturated heterocycles. The Labute approximate surface area is 129 Å². The first-order valence-corrected chi connectivity index (χ1v) is 7.57. The summed E-state index contributed by atoms with van der Waals surface area (Å²) < 4.78 is 1.50. The number of piperidine rings is 1. The topological polar surface area (TPSA) is 71.2 Å². The number of nitrogens with zero attached hydrogens (tertiary/aromatic N) is 4. The summed E-state index contributed by atoms with van der Waals surface area (Å²) in [6.07, 6.45) is 7.65. The SMILES string of the molecule is O=C(O)Cn1ccc([C@@H]2CCCN(Cc3ccncc3)C2)n1. The highest BCUT2D eigenvalue weighted by Gasteiger charge is 2.23. The minimum atomic E-state index is -0.863. The van der Waals surface area contributed by atoms with Crippen molar-refractivity contribution >= 4 is 5.97 Å². The van der Waals surface area contributed by atoms with Crippen molar-refractivity contribution in [2.75, 3.05) is 13.1 Å². The van der Waals surface area contributed by atoms with Gasteiger partial charge in [0.05, 0.1) is 5.69 Å². The first kappa shape index (κ1) is 14.7. The third-order valence-electron chi connectivity index (χ3n) is 4.04. The van der Waals surface area contributed by atoms with Crippen LogP contribution in [0.4, 0.5) is 0 Å². The van der Waals surface area contributed by atoms with Gasteiger partial charge in [0.2, 0.25) is 0 Å². The van der Waals surface area contributed by atoms with E-state index in [1.54, 1.807) is 6.20 Å². The molecule has 0 bridgehead atoms. The summed E-state index contributed by atoms with van der Waals surface area (Å²) in [6, 6.07) is 6.04. The van der Waals surface area contributed by atoms with Crippen LogP contribution in [0.1, 0.15) is 30.0 Å². The summed E-state index contributed by atoms with van der Waals surface area (Å²) in [5.41, 5.74) is 2.27. The molecular weight excluding hydrogens is 280 g/mol. The zero-order valence-corrected chi connectivity index (χ0v) is 12.4. The molecule has 6 nitrogen and oxygen atoms in total. The molecule has 0 aliphatic carbocycles. The molecule has 0 spiro atoms. The smallest absolute Gasteiger partial charge is 0.325 e. The van der Waals surface area contributed by atoms with Gasteiger partial charge >= 0.3 is 5.97 Å². The van der Waals surface area contributed by atoms with E-state index in [0.717, 1.165) is 38.2 Å². The number of aromatic nitrogens is 3. The standard InChI is InChI=1S/C16H20N4O2/c21-16(22)12-20-9-5-15(18-20)14-2-1-8-19(11-14)10-13-3-6-17-7-4-13/h3-7,9,14H,1-2,8,10-12H2,(H,21,22)/t14-/m1/s1. The molecule has 1 aliphatic rings. The number of likely N-dealkylation sites (tertiary alicyclic amines) is 1. The van der Waals surface area contributed by atoms with Gasteiger partial charge in [-0.25, -0.2) is 0 Å². The van der Waals surface area contributed by atoms with E-state index in [0.29, 0.717) is 5.92 Å². The maximum absolute atomic E-state index is 10.7. The highest BCUT2D eigenvalue weighted by Crippen LogP contribution is 2.26. The predicted octanol–water partition coefficient (Wildman–Crippen LogP) is 1.74. The molecule has 3 rings (SSSR count). The van der Waals surface area contributed by atoms with Crippen molar-refractivity contribution in [1.82, 2.24) is 19.7 Å². The van der Waals surface area contributed by atoms with Crippen LogP contribution in [0.5, 0.6) is 0 Å². The Bertz CT molecular complexity index is 626. The second-order valence-electron chi connectivity index (χ2n) is 5.76. The fourth-order valence-corrected chi connectivity index (χ4v) is 3.01. The van der Waals surface area contributed by atoms with E-state index in [9.17, 15) is 4.79 Å². The molecule has 0 aromatic carbocycles. The maximum atomic E-state index is 10.7. The molecule has 1 N–H and O–H groups in total. The molecule has 1 fully saturated rings. The van der Waals surface area contributed by atoms with Crippen molar-refractivity contribution in [2.45, 2.75) is 31.8 Å². The fraction of sp³-hybridized carbons (Fsp3) is 0.438. The summed E-state index contributed by atoms with van der Waals surface area (Å²) in [4.78, 5) is 17.2. The monoisotopic (exact) mass is 300 g/mol. The van der Waals surface area contributed by atoms with Crippen LogP contribution in [-0.4, -0.2) is 43.8 Å². The number of carbonyl (C=O) groups is 1. The van der Waals surface area contributed by atoms with Crippen molar-refractivity contribution in [3.05, 3.63) is 48.0 Å². The first-order valence-electron chi connectivity index (χ1n) is 7.57. The molecule has 2 aromatic heterocycles. The van der Waals surface area contributed by atoms with Gasteiger partial charge in [-0.15, -0.1) is 0 Å². The zero-order valence-electron chi connectivity index (χ0n) is 12.4. The molecule has 6 heteroatoms. The number of hydrogen-bond donors (Lipinski definition) is 1. The Morgan fingerprint density at radius 3 is 2.91 bits per heavy atom. The third-order valence-corrected chi connectivity index (χ3v) is 4.04. The lowest BCUT2D eigenvalue weighted by Crippen LogP contribution is -2.34. The molecule has 1 atom stereocenters. The van der Waals surface area contributed by atoms with Gasteiger partial charge in [0.25, 0.3) is 0 Å². The summed E-state index contributed by atoms with van der Waals surface area (Å²) >= 11 is 0. The number of pyridine rings is 1. The molecule has 116 valence electrons. The highest BCUT2D eigenvalue weighted by molar-refractivity contribution is 5.66. The average Bonchev–Trinajstić information content (AvgIpc) is 2.96. The van der Waals surface area contributed by atoms with Crippen molar-refractivity contribution in [3.63, 3.8) is 0 Å². The van der Waals surface area contributed by atoms with Gasteiger partial charge in [-0.2, -0.15) is 5.10 Å². The van der Waals surface area contributed by atoms with Crippen LogP contribution >= 0.6 is 0 Å². The van der Waals surface area contributed by atoms with Crippen LogP contribution in [0.25, 0.3) is 0 Å². The third kappa shape index (κ3) is 3.71. The fourth-order valence-electron chi connectivity index (χ4n) is 3.01. The van der Waals surface area contributed by atoms with Crippen LogP contribution in [0.3, 0.4) is 0 Å². The lowest BCUT2D eigenvalue weighted by Gasteiger charge is -2.31. The van der Waals surface area contributed by atoms with Crippen LogP contribution in [-0.2, 0) is 17.9 Å². The van der Waals surface area contributed by atoms with Gasteiger partial charge < -0.3 is 5.11 Å². The maximum Gasteiger partial charge on any atom is 0.325 e. The van der Waals surface area contributed by atoms with E-state index in [1.807, 2.05) is 30.6 Å². The van der Waals surface area contributed by atoms with Crippen molar-refractivity contribution in [1.29, 1.82) is 0 Å². The van der Waals surface area contributed by atoms with Gasteiger partial charge in [0.15, 0.2) is 0 Å². The molecule has 3 heterocycles. The van der Waals surface area contributed by atoms with Gasteiger partial charge in [-0.3, -0.25) is 19.4 Å². The van der Waals surface area contributed by atoms with E-state index >= 15 is 0 Å². The quantitative estimate of drug-likeness (QED) is 0.910. The van der Waals surface area contributed by atoms with Crippen LogP contribution < -0.4 is 0 Å². The molecule has 0 radical (unpaired) electrons. The van der Waals surface area contributed by atoms with Crippen molar-refractivity contribution < 1.29 is 9.90 Å². The first-order chi connectivity index (χ1) is 10.7. The number of rotatable bonds is 5. The summed E-state index contributed by atoms with van der Waals surface area (Å²) in [6.45, 7) is 2.91. The zero-order chi connectivity index (χ0) is 15.4. The Hall–Kier alpha value is -2.21. The highest BCUT2D eigenvalue weighted by atomic mass is 16.4. The van der Waals surface area contributed by atoms with Gasteiger partial charge in [-0.05, 0) is 43.1 Å². The van der Waals surface area contributed by atoms with Crippen LogP contribution in [0, 0.1) is 0 Å². The minimum absolute atomic E-state index is 0.0759. The van der Waals surface area contributed by atoms with E-state index in [4.69, 9.17) is 5.11 Å². The van der Waals surface area contributed by atoms with Crippen LogP contribution in [0.2, 0.25) is 0 Å². The largest absolute Gasteiger partial charge is 0.480 e. The number of carboxylic acids is 1. The minimum Gasteiger partial charge on any atom is -0.480 e. The number of aliphatic carboxylic acids is 1. The number of hydrogen-bond acceptors (Lipinski definition) is 4. The van der Waals surface area contributed by atoms with E-state index in [2.05, 4.69) is 15.0 Å². The Morgan fingerprint density at radius 1 is 1.32 bits per heavy atom. The number of carboxylic acid groups (broad SMARTS) is 1. The molecule has 22 heavy (non-hydrogen) atoms. The summed E-state index contributed by atoms with van der Waals surface area (Å²) in [5.74, 6) is -0.483. The molecule has 0 amide bonds. The average molecular weight is 300 g/mol. The van der Waals surface area contributed by atoms with E-state index in [1.165, 1.54) is 10.2 Å². The lowest BCUT2D eigenvalue weighted by molar-refractivity contribution is -0.137. The Kier molecular flexibility index (Phi) is 4.48. The summed E-state index contributed by atoms with van der Waals surface area (Å²) in [7, 11) is 0. The molecule has 0 unspecified atom stereocenters. The summed E-state index contributed by atoms with van der Waals surface area (Å²) in [5, 5.41) is 13.2. The second-order valence-corrected chi connectivity index (χ2v) is 5.76. The van der Waals surface area contributed by atoms with Gasteiger partial charge in [-0.1, -0.05) is 0 Å². The lowest BCUT2D eigenvalue weighted by atomic mass is 9.94. The predicted molar refractivity (Wildman–Crippen MR) is 81.4 cm³/mol. The second kappa shape index (κ2) is 6.70. The van der Waals surface area contributed by atoms with Gasteiger partial charge in [0.1, 0.15) is 6.54 Å². The Morgan fingerprint density at radius 2 is 2.14 bits per heavy atom. The molecule has 1 aliphatic heterocycles. The normalized spacial score (nSPS) is 19.2. The van der Waals surface area contributed by atoms with E-state index in [-0.39, 0.29) is 6.54 Å². The Balaban J connectivity index is 1.62. The van der Waals surface area contributed by atoms with E-state index < -0.39 is 5.97 Å².